The molecule has 3 heteroatoms. The predicted molar refractivity (Wildman–Crippen MR) is 68.7 cm³/mol. The monoisotopic (exact) mass is 228 g/mol. The minimum Gasteiger partial charge on any atom is -0.379 e. The molecule has 1 aliphatic heterocycles. The molecule has 1 rings (SSSR count). The maximum Gasteiger partial charge on any atom is 0.0623 e. The van der Waals surface area contributed by atoms with Crippen molar-refractivity contribution in [1.82, 2.24) is 10.6 Å². The fraction of sp³-hybridized carbons (Fsp3) is 1.00. The molecule has 0 spiro atoms. The van der Waals surface area contributed by atoms with Gasteiger partial charge in [0.25, 0.3) is 0 Å². The first-order chi connectivity index (χ1) is 7.77. The van der Waals surface area contributed by atoms with Crippen molar-refractivity contribution in [3.8, 4) is 0 Å². The standard InChI is InChI=1S/C13H28N2O/c1-4-6-15-13-10-16-9-12(13)8-14-7-11(3)5-2/h11-15H,4-10H2,1-3H3. The van der Waals surface area contributed by atoms with E-state index < -0.39 is 0 Å². The average Bonchev–Trinajstić information content (AvgIpc) is 2.73. The normalized spacial score (nSPS) is 27.2. The van der Waals surface area contributed by atoms with E-state index >= 15 is 0 Å². The smallest absolute Gasteiger partial charge is 0.0623 e. The first-order valence-electron chi connectivity index (χ1n) is 6.79. The lowest BCUT2D eigenvalue weighted by Crippen LogP contribution is -2.41. The summed E-state index contributed by atoms with van der Waals surface area (Å²) in [7, 11) is 0. The molecule has 2 N–H and O–H groups in total. The van der Waals surface area contributed by atoms with E-state index in [0.29, 0.717) is 12.0 Å². The van der Waals surface area contributed by atoms with Crippen LogP contribution < -0.4 is 10.6 Å². The summed E-state index contributed by atoms with van der Waals surface area (Å²) in [5, 5.41) is 7.13. The van der Waals surface area contributed by atoms with Crippen molar-refractivity contribution in [2.75, 3.05) is 32.8 Å². The SMILES string of the molecule is CCCNC1COCC1CNCC(C)CC. The summed E-state index contributed by atoms with van der Waals surface area (Å²) < 4.78 is 5.55. The summed E-state index contributed by atoms with van der Waals surface area (Å²) in [6.07, 6.45) is 2.45. The topological polar surface area (TPSA) is 33.3 Å². The predicted octanol–water partition coefficient (Wildman–Crippen LogP) is 1.64. The maximum absolute atomic E-state index is 5.55. The van der Waals surface area contributed by atoms with Crippen molar-refractivity contribution in [2.24, 2.45) is 11.8 Å². The Kier molecular flexibility index (Phi) is 7.01. The molecule has 0 aliphatic carbocycles. The van der Waals surface area contributed by atoms with Crippen LogP contribution in [0.2, 0.25) is 0 Å². The van der Waals surface area contributed by atoms with E-state index in [-0.39, 0.29) is 0 Å². The van der Waals surface area contributed by atoms with E-state index in [9.17, 15) is 0 Å². The largest absolute Gasteiger partial charge is 0.379 e. The lowest BCUT2D eigenvalue weighted by Gasteiger charge is -2.20. The van der Waals surface area contributed by atoms with Gasteiger partial charge >= 0.3 is 0 Å². The number of ether oxygens (including phenoxy) is 1. The van der Waals surface area contributed by atoms with Gasteiger partial charge in [0.15, 0.2) is 0 Å². The van der Waals surface area contributed by atoms with E-state index in [2.05, 4.69) is 31.4 Å². The molecule has 96 valence electrons. The number of hydrogen-bond donors (Lipinski definition) is 2. The fourth-order valence-corrected chi connectivity index (χ4v) is 2.01. The second kappa shape index (κ2) is 8.04. The molecule has 0 aromatic rings. The Bertz CT molecular complexity index is 175. The Hall–Kier alpha value is -0.120. The molecule has 0 aromatic carbocycles. The van der Waals surface area contributed by atoms with Crippen molar-refractivity contribution in [3.05, 3.63) is 0 Å². The van der Waals surface area contributed by atoms with Crippen LogP contribution in [0, 0.1) is 11.8 Å². The number of hydrogen-bond acceptors (Lipinski definition) is 3. The summed E-state index contributed by atoms with van der Waals surface area (Å²) in [5.41, 5.74) is 0. The third-order valence-corrected chi connectivity index (χ3v) is 3.45. The van der Waals surface area contributed by atoms with Crippen molar-refractivity contribution < 1.29 is 4.74 Å². The summed E-state index contributed by atoms with van der Waals surface area (Å²) in [6.45, 7) is 11.9. The molecular formula is C13H28N2O. The van der Waals surface area contributed by atoms with Gasteiger partial charge in [-0.05, 0) is 25.4 Å². The van der Waals surface area contributed by atoms with Crippen LogP contribution in [-0.2, 0) is 4.74 Å². The van der Waals surface area contributed by atoms with Crippen LogP contribution >= 0.6 is 0 Å². The Balaban J connectivity index is 2.14. The molecule has 1 saturated heterocycles. The summed E-state index contributed by atoms with van der Waals surface area (Å²) in [4.78, 5) is 0. The molecule has 16 heavy (non-hydrogen) atoms. The highest BCUT2D eigenvalue weighted by atomic mass is 16.5. The van der Waals surface area contributed by atoms with Gasteiger partial charge in [-0.25, -0.2) is 0 Å². The quantitative estimate of drug-likeness (QED) is 0.662. The zero-order chi connectivity index (χ0) is 11.8. The zero-order valence-electron chi connectivity index (χ0n) is 11.1. The van der Waals surface area contributed by atoms with Gasteiger partial charge in [0.2, 0.25) is 0 Å². The Morgan fingerprint density at radius 2 is 2.12 bits per heavy atom. The third kappa shape index (κ3) is 4.81. The van der Waals surface area contributed by atoms with E-state index in [0.717, 1.165) is 38.8 Å². The Labute approximate surface area is 100 Å². The second-order valence-corrected chi connectivity index (χ2v) is 5.03. The maximum atomic E-state index is 5.55. The number of rotatable bonds is 8. The number of nitrogens with one attached hydrogen (secondary N) is 2. The van der Waals surface area contributed by atoms with Gasteiger partial charge in [0, 0.05) is 18.5 Å². The highest BCUT2D eigenvalue weighted by molar-refractivity contribution is 4.82. The molecule has 0 aromatic heterocycles. The Morgan fingerprint density at radius 1 is 1.31 bits per heavy atom. The molecule has 1 aliphatic rings. The van der Waals surface area contributed by atoms with Crippen LogP contribution in [0.1, 0.15) is 33.6 Å². The summed E-state index contributed by atoms with van der Waals surface area (Å²) in [5.74, 6) is 1.43. The van der Waals surface area contributed by atoms with Gasteiger partial charge < -0.3 is 15.4 Å². The first-order valence-corrected chi connectivity index (χ1v) is 6.79. The molecule has 0 bridgehead atoms. The lowest BCUT2D eigenvalue weighted by molar-refractivity contribution is 0.182. The minimum absolute atomic E-state index is 0.560. The second-order valence-electron chi connectivity index (χ2n) is 5.03. The van der Waals surface area contributed by atoms with Crippen LogP contribution in [0.5, 0.6) is 0 Å². The van der Waals surface area contributed by atoms with Crippen molar-refractivity contribution in [1.29, 1.82) is 0 Å². The highest BCUT2D eigenvalue weighted by Gasteiger charge is 2.26. The zero-order valence-corrected chi connectivity index (χ0v) is 11.1. The molecule has 3 unspecified atom stereocenters. The van der Waals surface area contributed by atoms with Gasteiger partial charge in [-0.15, -0.1) is 0 Å². The van der Waals surface area contributed by atoms with E-state index in [4.69, 9.17) is 4.74 Å². The van der Waals surface area contributed by atoms with Crippen molar-refractivity contribution in [3.63, 3.8) is 0 Å². The van der Waals surface area contributed by atoms with Gasteiger partial charge in [0.1, 0.15) is 0 Å². The molecular weight excluding hydrogens is 200 g/mol. The van der Waals surface area contributed by atoms with E-state index in [1.165, 1.54) is 12.8 Å². The molecule has 0 saturated carbocycles. The van der Waals surface area contributed by atoms with Crippen LogP contribution in [0.4, 0.5) is 0 Å². The fourth-order valence-electron chi connectivity index (χ4n) is 2.01. The van der Waals surface area contributed by atoms with Crippen LogP contribution in [-0.4, -0.2) is 38.9 Å². The summed E-state index contributed by atoms with van der Waals surface area (Å²) in [6, 6.07) is 0.560. The third-order valence-electron chi connectivity index (χ3n) is 3.45. The Morgan fingerprint density at radius 3 is 2.81 bits per heavy atom. The average molecular weight is 228 g/mol. The van der Waals surface area contributed by atoms with Crippen LogP contribution in [0.15, 0.2) is 0 Å². The van der Waals surface area contributed by atoms with Crippen LogP contribution in [0.3, 0.4) is 0 Å². The minimum atomic E-state index is 0.560. The van der Waals surface area contributed by atoms with E-state index in [1.54, 1.807) is 0 Å². The van der Waals surface area contributed by atoms with Gasteiger partial charge in [-0.1, -0.05) is 27.2 Å². The molecule has 1 heterocycles. The highest BCUT2D eigenvalue weighted by Crippen LogP contribution is 2.13. The van der Waals surface area contributed by atoms with Crippen molar-refractivity contribution in [2.45, 2.75) is 39.7 Å². The first kappa shape index (κ1) is 13.9. The van der Waals surface area contributed by atoms with E-state index in [1.807, 2.05) is 0 Å². The van der Waals surface area contributed by atoms with Crippen LogP contribution in [0.25, 0.3) is 0 Å². The van der Waals surface area contributed by atoms with Crippen molar-refractivity contribution >= 4 is 0 Å². The molecule has 1 fully saturated rings. The molecule has 0 amide bonds. The summed E-state index contributed by atoms with van der Waals surface area (Å²) >= 11 is 0. The van der Waals surface area contributed by atoms with Gasteiger partial charge in [-0.3, -0.25) is 0 Å². The molecule has 0 radical (unpaired) electrons. The lowest BCUT2D eigenvalue weighted by atomic mass is 10.0. The van der Waals surface area contributed by atoms with Gasteiger partial charge in [-0.2, -0.15) is 0 Å². The molecule has 3 atom stereocenters. The molecule has 3 nitrogen and oxygen atoms in total. The van der Waals surface area contributed by atoms with Gasteiger partial charge in [0.05, 0.1) is 13.2 Å².